The van der Waals surface area contributed by atoms with E-state index in [1.807, 2.05) is 32.2 Å². The first kappa shape index (κ1) is 13.3. The molecule has 0 fully saturated rings. The summed E-state index contributed by atoms with van der Waals surface area (Å²) in [6, 6.07) is 8.83. The molecule has 2 rings (SSSR count). The minimum Gasteiger partial charge on any atom is -0.491 e. The first-order valence-corrected chi connectivity index (χ1v) is 6.27. The van der Waals surface area contributed by atoms with E-state index in [4.69, 9.17) is 4.74 Å². The van der Waals surface area contributed by atoms with Crippen LogP contribution < -0.4 is 10.1 Å². The van der Waals surface area contributed by atoms with Crippen molar-refractivity contribution in [2.75, 3.05) is 11.9 Å². The second kappa shape index (κ2) is 6.18. The summed E-state index contributed by atoms with van der Waals surface area (Å²) in [5.74, 6) is -0.0704. The lowest BCUT2D eigenvalue weighted by Crippen LogP contribution is -2.01. The number of ether oxygens (including phenoxy) is 1. The molecule has 0 saturated heterocycles. The normalized spacial score (nSPS) is 10.3. The van der Waals surface area contributed by atoms with Crippen molar-refractivity contribution in [3.63, 3.8) is 0 Å². The predicted molar refractivity (Wildman–Crippen MR) is 73.9 cm³/mol. The van der Waals surface area contributed by atoms with Gasteiger partial charge in [0.2, 0.25) is 0 Å². The van der Waals surface area contributed by atoms with Gasteiger partial charge in [-0.05, 0) is 37.6 Å². The molecule has 0 amide bonds. The van der Waals surface area contributed by atoms with Crippen molar-refractivity contribution in [2.45, 2.75) is 20.4 Å². The molecule has 0 saturated carbocycles. The predicted octanol–water partition coefficient (Wildman–Crippen LogP) is 3.54. The van der Waals surface area contributed by atoms with Gasteiger partial charge in [0.1, 0.15) is 0 Å². The third-order valence-electron chi connectivity index (χ3n) is 2.70. The maximum Gasteiger partial charge on any atom is 0.167 e. The van der Waals surface area contributed by atoms with Gasteiger partial charge >= 0.3 is 0 Å². The van der Waals surface area contributed by atoms with Crippen molar-refractivity contribution in [2.24, 2.45) is 0 Å². The molecule has 3 nitrogen and oxygen atoms in total. The highest BCUT2D eigenvalue weighted by molar-refractivity contribution is 5.47. The van der Waals surface area contributed by atoms with Crippen LogP contribution in [-0.2, 0) is 6.54 Å². The van der Waals surface area contributed by atoms with E-state index < -0.39 is 0 Å². The highest BCUT2D eigenvalue weighted by Crippen LogP contribution is 2.21. The van der Waals surface area contributed by atoms with Gasteiger partial charge in [-0.15, -0.1) is 0 Å². The van der Waals surface area contributed by atoms with Crippen molar-refractivity contribution in [1.82, 2.24) is 4.98 Å². The molecule has 0 aliphatic rings. The zero-order valence-electron chi connectivity index (χ0n) is 11.1. The van der Waals surface area contributed by atoms with Crippen molar-refractivity contribution in [3.8, 4) is 5.75 Å². The average Bonchev–Trinajstić information content (AvgIpc) is 2.41. The summed E-state index contributed by atoms with van der Waals surface area (Å²) in [6.07, 6.45) is 1.81. The summed E-state index contributed by atoms with van der Waals surface area (Å²) in [7, 11) is 0. The van der Waals surface area contributed by atoms with E-state index in [0.717, 1.165) is 16.9 Å². The molecule has 19 heavy (non-hydrogen) atoms. The summed E-state index contributed by atoms with van der Waals surface area (Å²) < 4.78 is 18.8. The molecule has 1 heterocycles. The maximum absolute atomic E-state index is 13.6. The summed E-state index contributed by atoms with van der Waals surface area (Å²) in [4.78, 5) is 4.21. The summed E-state index contributed by atoms with van der Waals surface area (Å²) in [6.45, 7) is 4.84. The molecule has 2 aromatic rings. The van der Waals surface area contributed by atoms with Crippen LogP contribution in [0.25, 0.3) is 0 Å². The van der Waals surface area contributed by atoms with Gasteiger partial charge in [0.25, 0.3) is 0 Å². The number of aromatic nitrogens is 1. The molecule has 0 atom stereocenters. The number of nitrogens with one attached hydrogen (secondary N) is 1. The fourth-order valence-electron chi connectivity index (χ4n) is 1.69. The molecule has 1 aromatic heterocycles. The number of hydrogen-bond acceptors (Lipinski definition) is 3. The van der Waals surface area contributed by atoms with Gasteiger partial charge in [-0.25, -0.2) is 4.39 Å². The van der Waals surface area contributed by atoms with Crippen LogP contribution in [-0.4, -0.2) is 11.6 Å². The van der Waals surface area contributed by atoms with Gasteiger partial charge in [-0.2, -0.15) is 0 Å². The van der Waals surface area contributed by atoms with Gasteiger partial charge in [0, 0.05) is 30.2 Å². The van der Waals surface area contributed by atoms with E-state index in [0.29, 0.717) is 13.2 Å². The van der Waals surface area contributed by atoms with E-state index in [9.17, 15) is 4.39 Å². The molecule has 0 aliphatic heterocycles. The van der Waals surface area contributed by atoms with Crippen LogP contribution in [0.1, 0.15) is 18.2 Å². The molecular weight excluding hydrogens is 243 g/mol. The number of halogens is 1. The first-order chi connectivity index (χ1) is 9.19. The Labute approximate surface area is 112 Å². The SMILES string of the molecule is CCOc1ccc(NCc2ccc(C)nc2)cc1F. The molecule has 1 aromatic carbocycles. The average molecular weight is 260 g/mol. The number of aryl methyl sites for hydroxylation is 1. The Balaban J connectivity index is 1.99. The largest absolute Gasteiger partial charge is 0.491 e. The number of rotatable bonds is 5. The third kappa shape index (κ3) is 3.68. The standard InChI is InChI=1S/C15H17FN2O/c1-3-19-15-7-6-13(8-14(15)16)18-10-12-5-4-11(2)17-9-12/h4-9,18H,3,10H2,1-2H3. The van der Waals surface area contributed by atoms with Gasteiger partial charge in [0.15, 0.2) is 11.6 Å². The van der Waals surface area contributed by atoms with E-state index in [2.05, 4.69) is 10.3 Å². The third-order valence-corrected chi connectivity index (χ3v) is 2.70. The summed E-state index contributed by atoms with van der Waals surface area (Å²) in [5, 5.41) is 3.15. The van der Waals surface area contributed by atoms with Gasteiger partial charge in [0.05, 0.1) is 6.61 Å². The Morgan fingerprint density at radius 3 is 2.74 bits per heavy atom. The highest BCUT2D eigenvalue weighted by atomic mass is 19.1. The second-order valence-electron chi connectivity index (χ2n) is 4.24. The highest BCUT2D eigenvalue weighted by Gasteiger charge is 2.04. The van der Waals surface area contributed by atoms with Crippen LogP contribution in [0.5, 0.6) is 5.75 Å². The Hall–Kier alpha value is -2.10. The smallest absolute Gasteiger partial charge is 0.167 e. The molecular formula is C15H17FN2O. The van der Waals surface area contributed by atoms with Crippen LogP contribution in [0.4, 0.5) is 10.1 Å². The minimum absolute atomic E-state index is 0.282. The second-order valence-corrected chi connectivity index (χ2v) is 4.24. The lowest BCUT2D eigenvalue weighted by Gasteiger charge is -2.09. The Bertz CT molecular complexity index is 540. The molecule has 4 heteroatoms. The summed E-state index contributed by atoms with van der Waals surface area (Å²) >= 11 is 0. The zero-order valence-corrected chi connectivity index (χ0v) is 11.1. The number of pyridine rings is 1. The molecule has 0 bridgehead atoms. The van der Waals surface area contributed by atoms with Crippen LogP contribution in [0.3, 0.4) is 0 Å². The van der Waals surface area contributed by atoms with Crippen molar-refractivity contribution in [1.29, 1.82) is 0 Å². The van der Waals surface area contributed by atoms with E-state index in [1.54, 1.807) is 12.1 Å². The first-order valence-electron chi connectivity index (χ1n) is 6.27. The Morgan fingerprint density at radius 1 is 1.26 bits per heavy atom. The monoisotopic (exact) mass is 260 g/mol. The number of nitrogens with zero attached hydrogens (tertiary/aromatic N) is 1. The van der Waals surface area contributed by atoms with Crippen molar-refractivity contribution in [3.05, 3.63) is 53.6 Å². The minimum atomic E-state index is -0.353. The van der Waals surface area contributed by atoms with Crippen molar-refractivity contribution < 1.29 is 9.13 Å². The number of anilines is 1. The molecule has 0 aliphatic carbocycles. The fourth-order valence-corrected chi connectivity index (χ4v) is 1.69. The number of hydrogen-bond donors (Lipinski definition) is 1. The Morgan fingerprint density at radius 2 is 2.11 bits per heavy atom. The molecule has 0 spiro atoms. The molecule has 0 radical (unpaired) electrons. The van der Waals surface area contributed by atoms with E-state index >= 15 is 0 Å². The van der Waals surface area contributed by atoms with Crippen molar-refractivity contribution >= 4 is 5.69 Å². The van der Waals surface area contributed by atoms with Gasteiger partial charge in [-0.1, -0.05) is 6.07 Å². The van der Waals surface area contributed by atoms with Crippen LogP contribution in [0.15, 0.2) is 36.5 Å². The van der Waals surface area contributed by atoms with Crippen LogP contribution in [0.2, 0.25) is 0 Å². The quantitative estimate of drug-likeness (QED) is 0.892. The maximum atomic E-state index is 13.6. The molecule has 1 N–H and O–H groups in total. The van der Waals surface area contributed by atoms with Gasteiger partial charge in [-0.3, -0.25) is 4.98 Å². The lowest BCUT2D eigenvalue weighted by atomic mass is 10.2. The summed E-state index contributed by atoms with van der Waals surface area (Å²) in [5.41, 5.74) is 2.76. The number of benzene rings is 1. The van der Waals surface area contributed by atoms with Gasteiger partial charge < -0.3 is 10.1 Å². The van der Waals surface area contributed by atoms with Crippen LogP contribution in [0, 0.1) is 12.7 Å². The van der Waals surface area contributed by atoms with E-state index in [-0.39, 0.29) is 11.6 Å². The van der Waals surface area contributed by atoms with E-state index in [1.165, 1.54) is 6.07 Å². The molecule has 100 valence electrons. The van der Waals surface area contributed by atoms with Crippen LogP contribution >= 0.6 is 0 Å². The molecule has 0 unspecified atom stereocenters. The zero-order chi connectivity index (χ0) is 13.7. The fraction of sp³-hybridized carbons (Fsp3) is 0.267. The Kier molecular flexibility index (Phi) is 4.34. The lowest BCUT2D eigenvalue weighted by molar-refractivity contribution is 0.321. The topological polar surface area (TPSA) is 34.1 Å².